The normalized spacial score (nSPS) is 18.4. The Morgan fingerprint density at radius 3 is 2.78 bits per heavy atom. The molecule has 0 aliphatic carbocycles. The molecule has 1 atom stereocenters. The van der Waals surface area contributed by atoms with Crippen molar-refractivity contribution < 1.29 is 22.6 Å². The first-order chi connectivity index (χ1) is 12.9. The van der Waals surface area contributed by atoms with Crippen LogP contribution in [0.25, 0.3) is 0 Å². The summed E-state index contributed by atoms with van der Waals surface area (Å²) in [6.07, 6.45) is -3.27. The SMILES string of the molecule is CCC1CN(C(=NC)NCc2ccc(OCC(F)(F)F)c(OC)c2)CCS1. The zero-order chi connectivity index (χ0) is 19.9. The molecule has 0 saturated carbocycles. The van der Waals surface area contributed by atoms with Gasteiger partial charge in [-0.2, -0.15) is 24.9 Å². The van der Waals surface area contributed by atoms with Crippen molar-refractivity contribution >= 4 is 17.7 Å². The highest BCUT2D eigenvalue weighted by Gasteiger charge is 2.29. The van der Waals surface area contributed by atoms with Crippen molar-refractivity contribution in [3.05, 3.63) is 23.8 Å². The number of hydrogen-bond acceptors (Lipinski definition) is 4. The van der Waals surface area contributed by atoms with E-state index in [2.05, 4.69) is 22.1 Å². The lowest BCUT2D eigenvalue weighted by Gasteiger charge is -2.34. The zero-order valence-corrected chi connectivity index (χ0v) is 16.6. The van der Waals surface area contributed by atoms with Gasteiger partial charge in [0.05, 0.1) is 7.11 Å². The highest BCUT2D eigenvalue weighted by atomic mass is 32.2. The summed E-state index contributed by atoms with van der Waals surface area (Å²) in [6, 6.07) is 4.89. The fourth-order valence-electron chi connectivity index (χ4n) is 2.77. The molecule has 1 aromatic rings. The summed E-state index contributed by atoms with van der Waals surface area (Å²) in [7, 11) is 3.15. The van der Waals surface area contributed by atoms with Gasteiger partial charge in [0.15, 0.2) is 24.1 Å². The molecule has 27 heavy (non-hydrogen) atoms. The zero-order valence-electron chi connectivity index (χ0n) is 15.8. The van der Waals surface area contributed by atoms with Gasteiger partial charge in [-0.1, -0.05) is 13.0 Å². The summed E-state index contributed by atoms with van der Waals surface area (Å²) >= 11 is 1.99. The minimum absolute atomic E-state index is 0.0711. The smallest absolute Gasteiger partial charge is 0.422 e. The first kappa shape index (κ1) is 21.5. The molecular weight excluding hydrogens is 379 g/mol. The molecular formula is C18H26F3N3O2S. The van der Waals surface area contributed by atoms with Crippen LogP contribution in [-0.4, -0.2) is 61.9 Å². The molecule has 1 unspecified atom stereocenters. The lowest BCUT2D eigenvalue weighted by molar-refractivity contribution is -0.153. The molecule has 1 aliphatic rings. The number of rotatable bonds is 6. The molecule has 1 fully saturated rings. The van der Waals surface area contributed by atoms with Gasteiger partial charge in [0.25, 0.3) is 0 Å². The number of guanidine groups is 1. The van der Waals surface area contributed by atoms with Crippen LogP contribution in [-0.2, 0) is 6.54 Å². The summed E-state index contributed by atoms with van der Waals surface area (Å²) in [5, 5.41) is 3.92. The Morgan fingerprint density at radius 1 is 1.37 bits per heavy atom. The second kappa shape index (κ2) is 9.96. The van der Waals surface area contributed by atoms with E-state index in [1.165, 1.54) is 13.2 Å². The van der Waals surface area contributed by atoms with Crippen molar-refractivity contribution in [1.29, 1.82) is 0 Å². The van der Waals surface area contributed by atoms with Gasteiger partial charge in [-0.05, 0) is 24.1 Å². The van der Waals surface area contributed by atoms with Gasteiger partial charge >= 0.3 is 6.18 Å². The van der Waals surface area contributed by atoms with E-state index in [9.17, 15) is 13.2 Å². The maximum atomic E-state index is 12.3. The van der Waals surface area contributed by atoms with E-state index in [1.807, 2.05) is 11.8 Å². The molecule has 9 heteroatoms. The molecule has 1 aliphatic heterocycles. The third-order valence-corrected chi connectivity index (χ3v) is 5.55. The Kier molecular flexibility index (Phi) is 7.94. The van der Waals surface area contributed by atoms with Crippen molar-refractivity contribution in [2.45, 2.75) is 31.3 Å². The average molecular weight is 405 g/mol. The maximum Gasteiger partial charge on any atom is 0.422 e. The summed E-state index contributed by atoms with van der Waals surface area (Å²) < 4.78 is 47.0. The standard InChI is InChI=1S/C18H26F3N3O2S/c1-4-14-11-24(7-8-27-14)17(22-2)23-10-13-5-6-15(16(9-13)25-3)26-12-18(19,20)21/h5-6,9,14H,4,7-8,10-12H2,1-3H3,(H,22,23). The fourth-order valence-corrected chi connectivity index (χ4v) is 3.95. The number of nitrogens with zero attached hydrogens (tertiary/aromatic N) is 2. The fraction of sp³-hybridized carbons (Fsp3) is 0.611. The number of hydrogen-bond donors (Lipinski definition) is 1. The predicted octanol–water partition coefficient (Wildman–Crippen LogP) is 3.54. The van der Waals surface area contributed by atoms with Crippen molar-refractivity contribution in [3.8, 4) is 11.5 Å². The predicted molar refractivity (Wildman–Crippen MR) is 103 cm³/mol. The van der Waals surface area contributed by atoms with E-state index >= 15 is 0 Å². The average Bonchev–Trinajstić information content (AvgIpc) is 2.66. The Balaban J connectivity index is 1.98. The summed E-state index contributed by atoms with van der Waals surface area (Å²) in [4.78, 5) is 6.59. The highest BCUT2D eigenvalue weighted by Crippen LogP contribution is 2.30. The van der Waals surface area contributed by atoms with E-state index in [-0.39, 0.29) is 11.5 Å². The molecule has 1 aromatic carbocycles. The van der Waals surface area contributed by atoms with Gasteiger partial charge in [0, 0.05) is 37.7 Å². The van der Waals surface area contributed by atoms with Crippen LogP contribution in [0.2, 0.25) is 0 Å². The summed E-state index contributed by atoms with van der Waals surface area (Å²) in [5.74, 6) is 2.24. The van der Waals surface area contributed by atoms with E-state index in [0.717, 1.165) is 36.8 Å². The highest BCUT2D eigenvalue weighted by molar-refractivity contribution is 8.00. The lowest BCUT2D eigenvalue weighted by Crippen LogP contribution is -2.47. The topological polar surface area (TPSA) is 46.1 Å². The molecule has 0 amide bonds. The number of ether oxygens (including phenoxy) is 2. The van der Waals surface area contributed by atoms with Gasteiger partial charge in [-0.3, -0.25) is 4.99 Å². The summed E-state index contributed by atoms with van der Waals surface area (Å²) in [5.41, 5.74) is 0.866. The molecule has 5 nitrogen and oxygen atoms in total. The largest absolute Gasteiger partial charge is 0.493 e. The van der Waals surface area contributed by atoms with E-state index in [1.54, 1.807) is 19.2 Å². The Labute approximate surface area is 162 Å². The van der Waals surface area contributed by atoms with E-state index < -0.39 is 12.8 Å². The second-order valence-electron chi connectivity index (χ2n) is 6.14. The number of benzene rings is 1. The number of thioether (sulfide) groups is 1. The molecule has 0 spiro atoms. The van der Waals surface area contributed by atoms with Crippen LogP contribution in [0.5, 0.6) is 11.5 Å². The van der Waals surface area contributed by atoms with Crippen molar-refractivity contribution in [3.63, 3.8) is 0 Å². The van der Waals surface area contributed by atoms with Gasteiger partial charge < -0.3 is 19.7 Å². The second-order valence-corrected chi connectivity index (χ2v) is 7.55. The van der Waals surface area contributed by atoms with Crippen LogP contribution in [0, 0.1) is 0 Å². The third-order valence-electron chi connectivity index (χ3n) is 4.18. The van der Waals surface area contributed by atoms with Gasteiger partial charge in [-0.25, -0.2) is 0 Å². The van der Waals surface area contributed by atoms with Crippen molar-refractivity contribution in [1.82, 2.24) is 10.2 Å². The van der Waals surface area contributed by atoms with Crippen LogP contribution >= 0.6 is 11.8 Å². The first-order valence-corrected chi connectivity index (χ1v) is 9.84. The molecule has 152 valence electrons. The molecule has 0 bridgehead atoms. The van der Waals surface area contributed by atoms with Crippen LogP contribution in [0.3, 0.4) is 0 Å². The quantitative estimate of drug-likeness (QED) is 0.580. The van der Waals surface area contributed by atoms with Crippen LogP contribution in [0.15, 0.2) is 23.2 Å². The molecule has 0 radical (unpaired) electrons. The minimum Gasteiger partial charge on any atom is -0.493 e. The maximum absolute atomic E-state index is 12.3. The van der Waals surface area contributed by atoms with E-state index in [4.69, 9.17) is 9.47 Å². The number of halogens is 3. The molecule has 0 aromatic heterocycles. The van der Waals surface area contributed by atoms with Crippen molar-refractivity contribution in [2.75, 3.05) is 39.6 Å². The summed E-state index contributed by atoms with van der Waals surface area (Å²) in [6.45, 7) is 3.22. The third kappa shape index (κ3) is 6.71. The minimum atomic E-state index is -4.39. The molecule has 2 rings (SSSR count). The Morgan fingerprint density at radius 2 is 2.15 bits per heavy atom. The van der Waals surface area contributed by atoms with Gasteiger partial charge in [0.2, 0.25) is 0 Å². The van der Waals surface area contributed by atoms with Gasteiger partial charge in [-0.15, -0.1) is 0 Å². The van der Waals surface area contributed by atoms with E-state index in [0.29, 0.717) is 11.8 Å². The molecule has 1 heterocycles. The Bertz CT molecular complexity index is 641. The van der Waals surface area contributed by atoms with Crippen LogP contribution < -0.4 is 14.8 Å². The number of alkyl halides is 3. The van der Waals surface area contributed by atoms with Crippen LogP contribution in [0.4, 0.5) is 13.2 Å². The number of aliphatic imine (C=N–C) groups is 1. The number of methoxy groups -OCH3 is 1. The lowest BCUT2D eigenvalue weighted by atomic mass is 10.2. The van der Waals surface area contributed by atoms with Crippen LogP contribution in [0.1, 0.15) is 18.9 Å². The monoisotopic (exact) mass is 405 g/mol. The molecule has 1 saturated heterocycles. The first-order valence-electron chi connectivity index (χ1n) is 8.80. The van der Waals surface area contributed by atoms with Crippen molar-refractivity contribution in [2.24, 2.45) is 4.99 Å². The van der Waals surface area contributed by atoms with Gasteiger partial charge in [0.1, 0.15) is 0 Å². The molecule has 1 N–H and O–H groups in total. The number of nitrogens with one attached hydrogen (secondary N) is 1. The Hall–Kier alpha value is -1.77.